The Morgan fingerprint density at radius 2 is 1.47 bits per heavy atom. The van der Waals surface area contributed by atoms with Gasteiger partial charge in [-0.2, -0.15) is 0 Å². The van der Waals surface area contributed by atoms with Gasteiger partial charge in [0.15, 0.2) is 0 Å². The summed E-state index contributed by atoms with van der Waals surface area (Å²) in [5.41, 5.74) is 0.330. The van der Waals surface area contributed by atoms with E-state index in [2.05, 4.69) is 25.7 Å². The second-order valence-electron chi connectivity index (χ2n) is 6.71. The highest BCUT2D eigenvalue weighted by molar-refractivity contribution is 5.74. The number of carbonyl (C=O) groups excluding carboxylic acids is 1. The van der Waals surface area contributed by atoms with Crippen LogP contribution in [0.5, 0.6) is 0 Å². The largest absolute Gasteiger partial charge is 0.378 e. The van der Waals surface area contributed by atoms with E-state index in [0.29, 0.717) is 18.6 Å². The second kappa shape index (κ2) is 6.09. The summed E-state index contributed by atoms with van der Waals surface area (Å²) in [5.74, 6) is 0. The lowest BCUT2D eigenvalue weighted by Gasteiger charge is -2.40. The molecule has 19 heavy (non-hydrogen) atoms. The maximum atomic E-state index is 12.3. The molecule has 2 rings (SSSR count). The van der Waals surface area contributed by atoms with Gasteiger partial charge >= 0.3 is 6.03 Å². The molecule has 0 aliphatic carbocycles. The lowest BCUT2D eigenvalue weighted by molar-refractivity contribution is 0.0358. The molecule has 2 amide bonds. The van der Waals surface area contributed by atoms with Crippen molar-refractivity contribution in [3.05, 3.63) is 0 Å². The number of amides is 2. The third-order valence-electron chi connectivity index (χ3n) is 3.62. The molecule has 0 aromatic rings. The summed E-state index contributed by atoms with van der Waals surface area (Å²) in [6.07, 6.45) is 0. The Kier molecular flexibility index (Phi) is 4.68. The van der Waals surface area contributed by atoms with E-state index in [1.54, 1.807) is 0 Å². The predicted molar refractivity (Wildman–Crippen MR) is 75.3 cm³/mol. The first kappa shape index (κ1) is 14.6. The van der Waals surface area contributed by atoms with Crippen LogP contribution in [-0.4, -0.2) is 79.8 Å². The average molecular weight is 269 g/mol. The van der Waals surface area contributed by atoms with Crippen molar-refractivity contribution in [1.29, 1.82) is 0 Å². The second-order valence-corrected chi connectivity index (χ2v) is 6.71. The number of rotatable bonds is 1. The number of hydrogen-bond acceptors (Lipinski definition) is 3. The van der Waals surface area contributed by atoms with Gasteiger partial charge in [-0.25, -0.2) is 4.79 Å². The van der Waals surface area contributed by atoms with E-state index in [0.717, 1.165) is 45.8 Å². The van der Waals surface area contributed by atoms with Gasteiger partial charge in [-0.15, -0.1) is 0 Å². The van der Waals surface area contributed by atoms with Crippen molar-refractivity contribution in [1.82, 2.24) is 14.7 Å². The zero-order chi connectivity index (χ0) is 13.9. The van der Waals surface area contributed by atoms with E-state index in [4.69, 9.17) is 4.74 Å². The SMILES string of the molecule is CC(C)(C)CN1CCN(C(=O)N2CCOCC2)CC1. The first-order valence-electron chi connectivity index (χ1n) is 7.30. The molecular weight excluding hydrogens is 242 g/mol. The van der Waals surface area contributed by atoms with E-state index in [-0.39, 0.29) is 6.03 Å². The molecule has 0 saturated carbocycles. The number of urea groups is 1. The Labute approximate surface area is 116 Å². The minimum absolute atomic E-state index is 0.193. The first-order chi connectivity index (χ1) is 8.96. The highest BCUT2D eigenvalue weighted by Crippen LogP contribution is 2.17. The number of piperazine rings is 1. The Balaban J connectivity index is 1.77. The Morgan fingerprint density at radius 1 is 0.947 bits per heavy atom. The van der Waals surface area contributed by atoms with Gasteiger partial charge in [-0.3, -0.25) is 4.90 Å². The summed E-state index contributed by atoms with van der Waals surface area (Å²) >= 11 is 0. The zero-order valence-corrected chi connectivity index (χ0v) is 12.5. The first-order valence-corrected chi connectivity index (χ1v) is 7.30. The van der Waals surface area contributed by atoms with Gasteiger partial charge < -0.3 is 14.5 Å². The van der Waals surface area contributed by atoms with E-state index in [1.165, 1.54) is 0 Å². The van der Waals surface area contributed by atoms with E-state index in [9.17, 15) is 4.79 Å². The van der Waals surface area contributed by atoms with Crippen molar-refractivity contribution in [2.24, 2.45) is 5.41 Å². The van der Waals surface area contributed by atoms with Gasteiger partial charge in [0.1, 0.15) is 0 Å². The molecule has 2 fully saturated rings. The van der Waals surface area contributed by atoms with Crippen LogP contribution in [0.25, 0.3) is 0 Å². The maximum absolute atomic E-state index is 12.3. The topological polar surface area (TPSA) is 36.0 Å². The zero-order valence-electron chi connectivity index (χ0n) is 12.5. The summed E-state index contributed by atoms with van der Waals surface area (Å²) in [6.45, 7) is 14.4. The van der Waals surface area contributed by atoms with Crippen LogP contribution in [0.1, 0.15) is 20.8 Å². The summed E-state index contributed by atoms with van der Waals surface area (Å²) in [4.78, 5) is 18.7. The molecule has 0 atom stereocenters. The summed E-state index contributed by atoms with van der Waals surface area (Å²) in [7, 11) is 0. The van der Waals surface area contributed by atoms with Gasteiger partial charge in [0.2, 0.25) is 0 Å². The lowest BCUT2D eigenvalue weighted by atomic mass is 9.96. The molecule has 0 aromatic carbocycles. The third-order valence-corrected chi connectivity index (χ3v) is 3.62. The number of hydrogen-bond donors (Lipinski definition) is 0. The van der Waals surface area contributed by atoms with Gasteiger partial charge in [-0.1, -0.05) is 20.8 Å². The van der Waals surface area contributed by atoms with Crippen LogP contribution in [0.2, 0.25) is 0 Å². The van der Waals surface area contributed by atoms with Gasteiger partial charge in [-0.05, 0) is 5.41 Å². The fourth-order valence-electron chi connectivity index (χ4n) is 2.72. The molecule has 2 aliphatic rings. The van der Waals surface area contributed by atoms with E-state index >= 15 is 0 Å². The number of ether oxygens (including phenoxy) is 1. The Morgan fingerprint density at radius 3 is 2.00 bits per heavy atom. The summed E-state index contributed by atoms with van der Waals surface area (Å²) in [6, 6.07) is 0.193. The normalized spacial score (nSPS) is 22.7. The Bertz CT molecular complexity index is 300. The third kappa shape index (κ3) is 4.35. The van der Waals surface area contributed by atoms with Gasteiger partial charge in [0.25, 0.3) is 0 Å². The van der Waals surface area contributed by atoms with Crippen LogP contribution in [0.15, 0.2) is 0 Å². The van der Waals surface area contributed by atoms with Crippen molar-refractivity contribution >= 4 is 6.03 Å². The smallest absolute Gasteiger partial charge is 0.320 e. The van der Waals surface area contributed by atoms with Crippen molar-refractivity contribution in [3.63, 3.8) is 0 Å². The monoisotopic (exact) mass is 269 g/mol. The molecule has 0 spiro atoms. The van der Waals surface area contributed by atoms with E-state index < -0.39 is 0 Å². The summed E-state index contributed by atoms with van der Waals surface area (Å²) in [5, 5.41) is 0. The Hall–Kier alpha value is -0.810. The van der Waals surface area contributed by atoms with E-state index in [1.807, 2.05) is 9.80 Å². The van der Waals surface area contributed by atoms with Crippen LogP contribution in [0.3, 0.4) is 0 Å². The molecular formula is C14H27N3O2. The van der Waals surface area contributed by atoms with Crippen LogP contribution >= 0.6 is 0 Å². The van der Waals surface area contributed by atoms with Crippen LogP contribution in [0, 0.1) is 5.41 Å². The van der Waals surface area contributed by atoms with Gasteiger partial charge in [0.05, 0.1) is 13.2 Å². The van der Waals surface area contributed by atoms with Gasteiger partial charge in [0, 0.05) is 45.8 Å². The minimum Gasteiger partial charge on any atom is -0.378 e. The molecule has 5 nitrogen and oxygen atoms in total. The molecule has 0 aromatic heterocycles. The fraction of sp³-hybridized carbons (Fsp3) is 0.929. The molecule has 0 unspecified atom stereocenters. The number of carbonyl (C=O) groups is 1. The van der Waals surface area contributed by atoms with Crippen molar-refractivity contribution < 1.29 is 9.53 Å². The standard InChI is InChI=1S/C14H27N3O2/c1-14(2,3)12-15-4-6-16(7-5-15)13(18)17-8-10-19-11-9-17/h4-12H2,1-3H3. The van der Waals surface area contributed by atoms with Crippen LogP contribution in [-0.2, 0) is 4.74 Å². The minimum atomic E-state index is 0.193. The molecule has 2 saturated heterocycles. The molecule has 0 N–H and O–H groups in total. The highest BCUT2D eigenvalue weighted by Gasteiger charge is 2.27. The quantitative estimate of drug-likeness (QED) is 0.715. The van der Waals surface area contributed by atoms with Crippen molar-refractivity contribution in [3.8, 4) is 0 Å². The molecule has 5 heteroatoms. The molecule has 2 aliphatic heterocycles. The van der Waals surface area contributed by atoms with Crippen LogP contribution < -0.4 is 0 Å². The maximum Gasteiger partial charge on any atom is 0.320 e. The molecule has 2 heterocycles. The van der Waals surface area contributed by atoms with Crippen molar-refractivity contribution in [2.75, 3.05) is 59.0 Å². The number of morpholine rings is 1. The summed E-state index contributed by atoms with van der Waals surface area (Å²) < 4.78 is 5.29. The molecule has 0 bridgehead atoms. The molecule has 0 radical (unpaired) electrons. The van der Waals surface area contributed by atoms with Crippen molar-refractivity contribution in [2.45, 2.75) is 20.8 Å². The lowest BCUT2D eigenvalue weighted by Crippen LogP contribution is -2.55. The van der Waals surface area contributed by atoms with Crippen LogP contribution in [0.4, 0.5) is 4.79 Å². The highest BCUT2D eigenvalue weighted by atomic mass is 16.5. The number of nitrogens with zero attached hydrogens (tertiary/aromatic N) is 3. The molecule has 110 valence electrons. The fourth-order valence-corrected chi connectivity index (χ4v) is 2.72. The predicted octanol–water partition coefficient (Wildman–Crippen LogP) is 1.10. The average Bonchev–Trinajstić information content (AvgIpc) is 2.38.